The third kappa shape index (κ3) is 2.52. The minimum absolute atomic E-state index is 0.166. The molecule has 0 bridgehead atoms. The normalized spacial score (nSPS) is 19.6. The maximum Gasteiger partial charge on any atom is 0.0762 e. The van der Waals surface area contributed by atoms with E-state index in [1.165, 1.54) is 25.7 Å². The maximum atomic E-state index is 6.05. The fourth-order valence-electron chi connectivity index (χ4n) is 2.24. The molecule has 1 heterocycles. The summed E-state index contributed by atoms with van der Waals surface area (Å²) < 4.78 is 1.83. The van der Waals surface area contributed by atoms with Gasteiger partial charge < -0.3 is 5.32 Å². The molecule has 4 heteroatoms. The van der Waals surface area contributed by atoms with Crippen LogP contribution in [0.1, 0.15) is 31.4 Å². The molecule has 1 aliphatic rings. The number of rotatable bonds is 4. The second-order valence-electron chi connectivity index (χ2n) is 4.46. The van der Waals surface area contributed by atoms with Gasteiger partial charge in [-0.25, -0.2) is 0 Å². The first kappa shape index (κ1) is 11.0. The summed E-state index contributed by atoms with van der Waals surface area (Å²) in [6, 6.07) is 2.05. The van der Waals surface area contributed by atoms with Crippen LogP contribution in [0.4, 0.5) is 0 Å². The minimum atomic E-state index is 0.166. The van der Waals surface area contributed by atoms with Crippen molar-refractivity contribution in [2.24, 2.45) is 7.05 Å². The number of hydrogen-bond donors (Lipinski definition) is 1. The van der Waals surface area contributed by atoms with Crippen LogP contribution in [0, 0.1) is 0 Å². The summed E-state index contributed by atoms with van der Waals surface area (Å²) in [7, 11) is 1.94. The van der Waals surface area contributed by atoms with E-state index in [1.807, 2.05) is 24.0 Å². The van der Waals surface area contributed by atoms with Crippen molar-refractivity contribution in [1.82, 2.24) is 15.1 Å². The van der Waals surface area contributed by atoms with Gasteiger partial charge in [0.15, 0.2) is 0 Å². The van der Waals surface area contributed by atoms with Crippen molar-refractivity contribution in [2.45, 2.75) is 37.8 Å². The molecule has 15 heavy (non-hydrogen) atoms. The van der Waals surface area contributed by atoms with Crippen molar-refractivity contribution in [2.75, 3.05) is 5.88 Å². The standard InChI is InChI=1S/C11H18ClN3/c1-15-7-4-10(14-15)8-13-11(9-12)5-2-3-6-11/h4,7,13H,2-3,5-6,8-9H2,1H3. The summed E-state index contributed by atoms with van der Waals surface area (Å²) in [5.41, 5.74) is 1.26. The number of alkyl halides is 1. The van der Waals surface area contributed by atoms with Gasteiger partial charge in [0.2, 0.25) is 0 Å². The summed E-state index contributed by atoms with van der Waals surface area (Å²) in [5, 5.41) is 7.91. The summed E-state index contributed by atoms with van der Waals surface area (Å²) in [6.45, 7) is 0.827. The Bertz CT molecular complexity index is 315. The van der Waals surface area contributed by atoms with Gasteiger partial charge in [-0.15, -0.1) is 11.6 Å². The molecule has 1 N–H and O–H groups in total. The number of halogens is 1. The van der Waals surface area contributed by atoms with Gasteiger partial charge in [-0.1, -0.05) is 12.8 Å². The number of nitrogens with zero attached hydrogens (tertiary/aromatic N) is 2. The first-order chi connectivity index (χ1) is 7.24. The van der Waals surface area contributed by atoms with Gasteiger partial charge in [0.05, 0.1) is 5.69 Å². The van der Waals surface area contributed by atoms with Crippen LogP contribution in [0.15, 0.2) is 12.3 Å². The molecule has 1 aromatic rings. The molecular formula is C11H18ClN3. The fraction of sp³-hybridized carbons (Fsp3) is 0.727. The average molecular weight is 228 g/mol. The van der Waals surface area contributed by atoms with Crippen molar-refractivity contribution in [1.29, 1.82) is 0 Å². The molecule has 0 radical (unpaired) electrons. The topological polar surface area (TPSA) is 29.9 Å². The predicted molar refractivity (Wildman–Crippen MR) is 62.0 cm³/mol. The van der Waals surface area contributed by atoms with E-state index in [-0.39, 0.29) is 5.54 Å². The molecule has 0 atom stereocenters. The first-order valence-electron chi connectivity index (χ1n) is 5.54. The number of nitrogens with one attached hydrogen (secondary N) is 1. The van der Waals surface area contributed by atoms with Crippen LogP contribution >= 0.6 is 11.6 Å². The third-order valence-corrected chi connectivity index (χ3v) is 3.74. The van der Waals surface area contributed by atoms with E-state index in [9.17, 15) is 0 Å². The Labute approximate surface area is 95.8 Å². The van der Waals surface area contributed by atoms with Gasteiger partial charge in [0, 0.05) is 31.2 Å². The summed E-state index contributed by atoms with van der Waals surface area (Å²) in [6.07, 6.45) is 6.95. The van der Waals surface area contributed by atoms with Crippen LogP contribution in [0.25, 0.3) is 0 Å². The van der Waals surface area contributed by atoms with E-state index in [1.54, 1.807) is 0 Å². The van der Waals surface area contributed by atoms with Crippen molar-refractivity contribution in [3.63, 3.8) is 0 Å². The lowest BCUT2D eigenvalue weighted by molar-refractivity contribution is 0.365. The van der Waals surface area contributed by atoms with Gasteiger partial charge in [-0.3, -0.25) is 4.68 Å². The Kier molecular flexibility index (Phi) is 3.32. The maximum absolute atomic E-state index is 6.05. The summed E-state index contributed by atoms with van der Waals surface area (Å²) >= 11 is 6.05. The van der Waals surface area contributed by atoms with Gasteiger partial charge in [-0.2, -0.15) is 5.10 Å². The molecule has 84 valence electrons. The molecule has 0 aliphatic heterocycles. The lowest BCUT2D eigenvalue weighted by Gasteiger charge is -2.27. The molecule has 0 saturated heterocycles. The summed E-state index contributed by atoms with van der Waals surface area (Å²) in [5.74, 6) is 0.708. The van der Waals surface area contributed by atoms with Crippen LogP contribution in [-0.4, -0.2) is 21.2 Å². The fourth-order valence-corrected chi connectivity index (χ4v) is 2.61. The Morgan fingerprint density at radius 2 is 2.27 bits per heavy atom. The van der Waals surface area contributed by atoms with E-state index in [0.717, 1.165) is 12.2 Å². The second kappa shape index (κ2) is 4.54. The molecule has 0 aromatic carbocycles. The van der Waals surface area contributed by atoms with Gasteiger partial charge in [0.1, 0.15) is 0 Å². The number of aryl methyl sites for hydroxylation is 1. The van der Waals surface area contributed by atoms with Crippen LogP contribution in [0.3, 0.4) is 0 Å². The highest BCUT2D eigenvalue weighted by Crippen LogP contribution is 2.30. The molecule has 2 rings (SSSR count). The number of aromatic nitrogens is 2. The second-order valence-corrected chi connectivity index (χ2v) is 4.72. The Hall–Kier alpha value is -0.540. The molecular weight excluding hydrogens is 210 g/mol. The molecule has 1 saturated carbocycles. The van der Waals surface area contributed by atoms with Gasteiger partial charge in [0.25, 0.3) is 0 Å². The van der Waals surface area contributed by atoms with Crippen molar-refractivity contribution >= 4 is 11.6 Å². The zero-order valence-electron chi connectivity index (χ0n) is 9.17. The SMILES string of the molecule is Cn1ccc(CNC2(CCl)CCCC2)n1. The highest BCUT2D eigenvalue weighted by molar-refractivity contribution is 6.18. The van der Waals surface area contributed by atoms with Crippen molar-refractivity contribution in [3.8, 4) is 0 Å². The molecule has 0 spiro atoms. The molecule has 3 nitrogen and oxygen atoms in total. The molecule has 0 amide bonds. The monoisotopic (exact) mass is 227 g/mol. The van der Waals surface area contributed by atoms with E-state index >= 15 is 0 Å². The quantitative estimate of drug-likeness (QED) is 0.799. The lowest BCUT2D eigenvalue weighted by Crippen LogP contribution is -2.44. The van der Waals surface area contributed by atoms with E-state index in [4.69, 9.17) is 11.6 Å². The Morgan fingerprint density at radius 1 is 1.53 bits per heavy atom. The smallest absolute Gasteiger partial charge is 0.0762 e. The van der Waals surface area contributed by atoms with Crippen molar-refractivity contribution in [3.05, 3.63) is 18.0 Å². The average Bonchev–Trinajstić information content (AvgIpc) is 2.85. The van der Waals surface area contributed by atoms with Crippen LogP contribution in [0.2, 0.25) is 0 Å². The minimum Gasteiger partial charge on any atom is -0.304 e. The summed E-state index contributed by atoms with van der Waals surface area (Å²) in [4.78, 5) is 0. The Balaban J connectivity index is 1.91. The zero-order chi connectivity index (χ0) is 10.7. The molecule has 1 aliphatic carbocycles. The molecule has 1 fully saturated rings. The van der Waals surface area contributed by atoms with E-state index < -0.39 is 0 Å². The van der Waals surface area contributed by atoms with Crippen molar-refractivity contribution < 1.29 is 0 Å². The lowest BCUT2D eigenvalue weighted by atomic mass is 10.0. The third-order valence-electron chi connectivity index (χ3n) is 3.23. The largest absolute Gasteiger partial charge is 0.304 e. The van der Waals surface area contributed by atoms with E-state index in [2.05, 4.69) is 10.4 Å². The van der Waals surface area contributed by atoms with Crippen LogP contribution < -0.4 is 5.32 Å². The zero-order valence-corrected chi connectivity index (χ0v) is 9.93. The van der Waals surface area contributed by atoms with Crippen LogP contribution in [0.5, 0.6) is 0 Å². The highest BCUT2D eigenvalue weighted by Gasteiger charge is 2.32. The molecule has 1 aromatic heterocycles. The Morgan fingerprint density at radius 3 is 2.80 bits per heavy atom. The van der Waals surface area contributed by atoms with Gasteiger partial charge >= 0.3 is 0 Å². The first-order valence-corrected chi connectivity index (χ1v) is 6.07. The molecule has 0 unspecified atom stereocenters. The van der Waals surface area contributed by atoms with E-state index in [0.29, 0.717) is 5.88 Å². The van der Waals surface area contributed by atoms with Gasteiger partial charge in [-0.05, 0) is 18.9 Å². The van der Waals surface area contributed by atoms with Crippen LogP contribution in [-0.2, 0) is 13.6 Å². The predicted octanol–water partition coefficient (Wildman–Crippen LogP) is 2.06. The highest BCUT2D eigenvalue weighted by atomic mass is 35.5. The number of hydrogen-bond acceptors (Lipinski definition) is 2.